The molecule has 0 saturated carbocycles. The fraction of sp³-hybridized carbons (Fsp3) is 0.273. The van der Waals surface area contributed by atoms with Crippen LogP contribution in [0.5, 0.6) is 23.1 Å². The molecule has 0 spiro atoms. The number of piperazine rings is 1. The van der Waals surface area contributed by atoms with E-state index in [0.717, 1.165) is 73.6 Å². The lowest BCUT2D eigenvalue weighted by Crippen LogP contribution is -2.45. The van der Waals surface area contributed by atoms with Gasteiger partial charge in [0, 0.05) is 62.5 Å². The molecule has 7 nitrogen and oxygen atoms in total. The lowest BCUT2D eigenvalue weighted by Gasteiger charge is -2.37. The van der Waals surface area contributed by atoms with Crippen LogP contribution in [-0.4, -0.2) is 53.9 Å². The number of hydrogen-bond acceptors (Lipinski definition) is 7. The van der Waals surface area contributed by atoms with Crippen molar-refractivity contribution in [2.75, 3.05) is 32.8 Å². The second kappa shape index (κ2) is 19.7. The molecule has 282 valence electrons. The van der Waals surface area contributed by atoms with Gasteiger partial charge in [0.25, 0.3) is 0 Å². The highest BCUT2D eigenvalue weighted by molar-refractivity contribution is 6.42. The van der Waals surface area contributed by atoms with Crippen molar-refractivity contribution in [3.63, 3.8) is 0 Å². The Morgan fingerprint density at radius 3 is 2.24 bits per heavy atom. The molecule has 0 amide bonds. The summed E-state index contributed by atoms with van der Waals surface area (Å²) in [5.74, 6) is 3.15. The van der Waals surface area contributed by atoms with Gasteiger partial charge in [-0.3, -0.25) is 9.69 Å². The molecule has 1 aromatic heterocycles. The molecule has 1 fully saturated rings. The Hall–Kier alpha value is -4.53. The number of ether oxygens (including phenoxy) is 3. The molecule has 0 N–H and O–H groups in total. The van der Waals surface area contributed by atoms with Gasteiger partial charge in [-0.05, 0) is 83.1 Å². The third-order valence-corrected chi connectivity index (χ3v) is 10.3. The predicted molar refractivity (Wildman–Crippen MR) is 221 cm³/mol. The first-order valence-electron chi connectivity index (χ1n) is 18.0. The Kier molecular flexibility index (Phi) is 14.8. The molecular weight excluding hydrogens is 741 g/mol. The number of aryl methyl sites for hydroxylation is 1. The summed E-state index contributed by atoms with van der Waals surface area (Å²) in [7, 11) is 0. The Morgan fingerprint density at radius 1 is 0.852 bits per heavy atom. The van der Waals surface area contributed by atoms with Gasteiger partial charge in [0.05, 0.1) is 22.8 Å². The van der Waals surface area contributed by atoms with E-state index >= 15 is 0 Å². The number of aldehydes is 1. The molecule has 5 aromatic rings. The van der Waals surface area contributed by atoms with E-state index in [1.54, 1.807) is 30.5 Å². The van der Waals surface area contributed by atoms with Crippen molar-refractivity contribution in [1.82, 2.24) is 14.8 Å². The molecule has 6 rings (SSSR count). The fourth-order valence-corrected chi connectivity index (χ4v) is 6.64. The van der Waals surface area contributed by atoms with Crippen LogP contribution in [0.15, 0.2) is 109 Å². The summed E-state index contributed by atoms with van der Waals surface area (Å²) in [5, 5.41) is 0.969. The molecule has 1 aliphatic heterocycles. The highest BCUT2D eigenvalue weighted by Crippen LogP contribution is 2.31. The summed E-state index contributed by atoms with van der Waals surface area (Å²) in [6, 6.07) is 32.2. The van der Waals surface area contributed by atoms with Crippen LogP contribution in [0, 0.1) is 6.92 Å². The zero-order valence-electron chi connectivity index (χ0n) is 30.8. The van der Waals surface area contributed by atoms with Gasteiger partial charge in [-0.25, -0.2) is 4.98 Å². The van der Waals surface area contributed by atoms with E-state index in [-0.39, 0.29) is 19.0 Å². The van der Waals surface area contributed by atoms with E-state index < -0.39 is 0 Å². The molecule has 2 heterocycles. The van der Waals surface area contributed by atoms with Crippen molar-refractivity contribution in [3.8, 4) is 23.1 Å². The molecule has 0 bridgehead atoms. The van der Waals surface area contributed by atoms with Crippen LogP contribution in [0.25, 0.3) is 5.70 Å². The molecule has 1 saturated heterocycles. The highest BCUT2D eigenvalue weighted by atomic mass is 35.5. The summed E-state index contributed by atoms with van der Waals surface area (Å²) < 4.78 is 17.9. The first-order valence-corrected chi connectivity index (χ1v) is 18.8. The second-order valence-electron chi connectivity index (χ2n) is 13.5. The Balaban J connectivity index is 0.00000561. The minimum Gasteiger partial charge on any atom is -0.493 e. The second-order valence-corrected chi connectivity index (χ2v) is 14.3. The molecule has 4 aromatic carbocycles. The SMILES string of the molecule is Cc1cc(C(=CC=O)N2CCN(Cc3ccc(CCOc4ccc(C(C)C)cc4)cc3)CC2)ccc1Oc1ccc(OCc2cccc(Cl)c2Cl)cn1.Cl. The van der Waals surface area contributed by atoms with Crippen LogP contribution in [0.4, 0.5) is 0 Å². The number of nitrogens with zero attached hydrogens (tertiary/aromatic N) is 3. The standard InChI is InChI=1S/C44H45Cl2N3O4.ClH/c1-31(2)35-11-14-38(15-12-35)51-26-20-33-7-9-34(10-8-33)29-48-21-23-49(24-22-48)41(19-25-50)36-13-17-42(32(3)27-36)53-43-18-16-39(28-47-43)52-30-37-5-4-6-40(45)44(37)46;/h4-19,25,27-28,31H,20-24,26,29-30H2,1-3H3;1H. The van der Waals surface area contributed by atoms with Crippen LogP contribution in [0.3, 0.4) is 0 Å². The number of allylic oxidation sites excluding steroid dienone is 1. The Bertz CT molecular complexity index is 1990. The average molecular weight is 787 g/mol. The zero-order chi connectivity index (χ0) is 37.2. The first-order chi connectivity index (χ1) is 25.7. The monoisotopic (exact) mass is 785 g/mol. The van der Waals surface area contributed by atoms with Crippen LogP contribution < -0.4 is 14.2 Å². The van der Waals surface area contributed by atoms with E-state index in [1.165, 1.54) is 16.7 Å². The molecule has 0 unspecified atom stereocenters. The lowest BCUT2D eigenvalue weighted by atomic mass is 10.0. The first kappa shape index (κ1) is 40.7. The van der Waals surface area contributed by atoms with Gasteiger partial charge in [0.15, 0.2) is 0 Å². The molecule has 0 radical (unpaired) electrons. The lowest BCUT2D eigenvalue weighted by molar-refractivity contribution is -0.104. The van der Waals surface area contributed by atoms with E-state index in [9.17, 15) is 4.79 Å². The van der Waals surface area contributed by atoms with E-state index in [2.05, 4.69) is 83.2 Å². The highest BCUT2D eigenvalue weighted by Gasteiger charge is 2.21. The van der Waals surface area contributed by atoms with Crippen LogP contribution in [-0.2, 0) is 24.4 Å². The maximum atomic E-state index is 11.7. The number of aromatic nitrogens is 1. The third kappa shape index (κ3) is 11.0. The van der Waals surface area contributed by atoms with Gasteiger partial charge in [-0.1, -0.05) is 85.6 Å². The van der Waals surface area contributed by atoms with Crippen molar-refractivity contribution in [2.45, 2.75) is 46.3 Å². The van der Waals surface area contributed by atoms with Gasteiger partial charge in [-0.15, -0.1) is 12.4 Å². The van der Waals surface area contributed by atoms with E-state index in [0.29, 0.717) is 39.9 Å². The van der Waals surface area contributed by atoms with Crippen molar-refractivity contribution in [3.05, 3.63) is 153 Å². The maximum absolute atomic E-state index is 11.7. The number of rotatable bonds is 15. The summed E-state index contributed by atoms with van der Waals surface area (Å²) >= 11 is 12.4. The van der Waals surface area contributed by atoms with Gasteiger partial charge in [0.2, 0.25) is 5.88 Å². The van der Waals surface area contributed by atoms with Gasteiger partial charge >= 0.3 is 0 Å². The minimum absolute atomic E-state index is 0. The number of carbonyl (C=O) groups excluding carboxylic acids is 1. The summed E-state index contributed by atoms with van der Waals surface area (Å²) in [6.45, 7) is 11.7. The molecular formula is C44H46Cl3N3O4. The smallest absolute Gasteiger partial charge is 0.219 e. The quantitative estimate of drug-likeness (QED) is 0.0773. The van der Waals surface area contributed by atoms with Crippen LogP contribution >= 0.6 is 35.6 Å². The maximum Gasteiger partial charge on any atom is 0.219 e. The zero-order valence-corrected chi connectivity index (χ0v) is 33.2. The largest absolute Gasteiger partial charge is 0.493 e. The molecule has 54 heavy (non-hydrogen) atoms. The van der Waals surface area contributed by atoms with Crippen molar-refractivity contribution in [1.29, 1.82) is 0 Å². The number of hydrogen-bond donors (Lipinski definition) is 0. The Labute approximate surface area is 334 Å². The number of benzene rings is 4. The Morgan fingerprint density at radius 2 is 1.57 bits per heavy atom. The van der Waals surface area contributed by atoms with E-state index in [1.807, 2.05) is 31.2 Å². The molecule has 0 aliphatic carbocycles. The number of halogens is 3. The van der Waals surface area contributed by atoms with Gasteiger partial charge < -0.3 is 19.1 Å². The van der Waals surface area contributed by atoms with Gasteiger partial charge in [0.1, 0.15) is 30.1 Å². The topological polar surface area (TPSA) is 64.1 Å². The van der Waals surface area contributed by atoms with Crippen molar-refractivity contribution in [2.24, 2.45) is 0 Å². The van der Waals surface area contributed by atoms with E-state index in [4.69, 9.17) is 37.4 Å². The number of pyridine rings is 1. The number of carbonyl (C=O) groups is 1. The van der Waals surface area contributed by atoms with Crippen molar-refractivity contribution < 1.29 is 19.0 Å². The van der Waals surface area contributed by atoms with Crippen LogP contribution in [0.2, 0.25) is 10.0 Å². The van der Waals surface area contributed by atoms with Crippen molar-refractivity contribution >= 4 is 47.6 Å². The fourth-order valence-electron chi connectivity index (χ4n) is 6.27. The summed E-state index contributed by atoms with van der Waals surface area (Å²) in [6.07, 6.45) is 5.00. The molecule has 10 heteroatoms. The normalized spacial score (nSPS) is 13.4. The van der Waals surface area contributed by atoms with Crippen LogP contribution in [0.1, 0.15) is 53.1 Å². The minimum atomic E-state index is 0. The average Bonchev–Trinajstić information content (AvgIpc) is 3.17. The molecule has 0 atom stereocenters. The third-order valence-electron chi connectivity index (χ3n) is 9.39. The predicted octanol–water partition coefficient (Wildman–Crippen LogP) is 10.6. The van der Waals surface area contributed by atoms with Gasteiger partial charge in [-0.2, -0.15) is 0 Å². The summed E-state index contributed by atoms with van der Waals surface area (Å²) in [4.78, 5) is 20.9. The summed E-state index contributed by atoms with van der Waals surface area (Å²) in [5.41, 5.74) is 7.50. The molecule has 1 aliphatic rings.